The summed E-state index contributed by atoms with van der Waals surface area (Å²) in [7, 11) is 2.07. The van der Waals surface area contributed by atoms with Crippen molar-refractivity contribution in [3.8, 4) is 11.1 Å². The molecule has 0 atom stereocenters. The summed E-state index contributed by atoms with van der Waals surface area (Å²) in [4.78, 5) is 23.2. The second-order valence-corrected chi connectivity index (χ2v) is 7.19. The maximum Gasteiger partial charge on any atom is 0.249 e. The summed E-state index contributed by atoms with van der Waals surface area (Å²) in [5, 5.41) is 2.83. The summed E-state index contributed by atoms with van der Waals surface area (Å²) in [6.45, 7) is 3.19. The van der Waals surface area contributed by atoms with E-state index in [-0.39, 0.29) is 5.91 Å². The average molecular weight is 401 g/mol. The van der Waals surface area contributed by atoms with E-state index in [2.05, 4.69) is 40.2 Å². The lowest BCUT2D eigenvalue weighted by Gasteiger charge is -2.18. The third-order valence-corrected chi connectivity index (χ3v) is 4.80. The highest BCUT2D eigenvalue weighted by atomic mass is 16.1. The molecular formula is C25H28N4O. The van der Waals surface area contributed by atoms with E-state index < -0.39 is 0 Å². The Labute approximate surface area is 178 Å². The number of unbranched alkanes of at least 4 members (excludes halogenated alkanes) is 2. The monoisotopic (exact) mass is 400 g/mol. The normalized spacial score (nSPS) is 10.9. The number of aromatic nitrogens is 2. The van der Waals surface area contributed by atoms with Gasteiger partial charge >= 0.3 is 0 Å². The van der Waals surface area contributed by atoms with Crippen LogP contribution in [0.1, 0.15) is 31.7 Å². The van der Waals surface area contributed by atoms with Crippen molar-refractivity contribution < 1.29 is 4.79 Å². The number of benzene rings is 1. The Kier molecular flexibility index (Phi) is 7.72. The Morgan fingerprint density at radius 3 is 2.50 bits per heavy atom. The molecule has 1 N–H and O–H groups in total. The highest BCUT2D eigenvalue weighted by Crippen LogP contribution is 2.24. The minimum Gasteiger partial charge on any atom is -0.360 e. The molecule has 0 aliphatic carbocycles. The molecule has 0 saturated heterocycles. The minimum atomic E-state index is -0.213. The molecular weight excluding hydrogens is 372 g/mol. The number of pyridine rings is 2. The molecule has 0 bridgehead atoms. The van der Waals surface area contributed by atoms with E-state index in [0.717, 1.165) is 35.5 Å². The van der Waals surface area contributed by atoms with Gasteiger partial charge in [-0.3, -0.25) is 4.79 Å². The highest BCUT2D eigenvalue weighted by Gasteiger charge is 2.07. The van der Waals surface area contributed by atoms with Gasteiger partial charge in [-0.05, 0) is 53.5 Å². The van der Waals surface area contributed by atoms with Gasteiger partial charge in [-0.15, -0.1) is 0 Å². The first kappa shape index (κ1) is 21.2. The zero-order chi connectivity index (χ0) is 21.2. The molecule has 0 radical (unpaired) electrons. The molecule has 0 spiro atoms. The maximum absolute atomic E-state index is 12.2. The summed E-state index contributed by atoms with van der Waals surface area (Å²) in [5.74, 6) is 1.25. The van der Waals surface area contributed by atoms with E-state index in [4.69, 9.17) is 0 Å². The van der Waals surface area contributed by atoms with Crippen LogP contribution in [0.5, 0.6) is 0 Å². The highest BCUT2D eigenvalue weighted by molar-refractivity contribution is 6.01. The molecule has 5 nitrogen and oxygen atoms in total. The van der Waals surface area contributed by atoms with Gasteiger partial charge in [0.2, 0.25) is 5.91 Å². The van der Waals surface area contributed by atoms with Gasteiger partial charge in [-0.2, -0.15) is 0 Å². The van der Waals surface area contributed by atoms with Crippen LogP contribution in [0.15, 0.2) is 73.1 Å². The lowest BCUT2D eigenvalue weighted by atomic mass is 10.1. The zero-order valence-corrected chi connectivity index (χ0v) is 17.6. The Balaban J connectivity index is 1.68. The van der Waals surface area contributed by atoms with Gasteiger partial charge in [0.15, 0.2) is 0 Å². The molecule has 1 amide bonds. The van der Waals surface area contributed by atoms with E-state index >= 15 is 0 Å². The lowest BCUT2D eigenvalue weighted by molar-refractivity contribution is -0.111. The number of hydrogen-bond acceptors (Lipinski definition) is 4. The van der Waals surface area contributed by atoms with Gasteiger partial charge in [0.05, 0.1) is 0 Å². The van der Waals surface area contributed by atoms with E-state index in [1.54, 1.807) is 12.3 Å². The van der Waals surface area contributed by atoms with Crippen LogP contribution in [-0.2, 0) is 4.79 Å². The third-order valence-electron chi connectivity index (χ3n) is 4.80. The van der Waals surface area contributed by atoms with E-state index in [1.807, 2.05) is 54.7 Å². The van der Waals surface area contributed by atoms with Crippen LogP contribution >= 0.6 is 0 Å². The van der Waals surface area contributed by atoms with E-state index in [0.29, 0.717) is 5.82 Å². The summed E-state index contributed by atoms with van der Waals surface area (Å²) in [5.41, 5.74) is 3.00. The van der Waals surface area contributed by atoms with Crippen molar-refractivity contribution in [1.29, 1.82) is 0 Å². The second-order valence-electron chi connectivity index (χ2n) is 7.19. The summed E-state index contributed by atoms with van der Waals surface area (Å²) in [6.07, 6.45) is 10.4. The largest absolute Gasteiger partial charge is 0.360 e. The Morgan fingerprint density at radius 2 is 1.73 bits per heavy atom. The van der Waals surface area contributed by atoms with Gasteiger partial charge < -0.3 is 10.2 Å². The quantitative estimate of drug-likeness (QED) is 0.385. The molecule has 0 unspecified atom stereocenters. The zero-order valence-electron chi connectivity index (χ0n) is 17.6. The van der Waals surface area contributed by atoms with Crippen LogP contribution in [0.3, 0.4) is 0 Å². The van der Waals surface area contributed by atoms with Crippen molar-refractivity contribution in [3.63, 3.8) is 0 Å². The first-order valence-corrected chi connectivity index (χ1v) is 10.3. The van der Waals surface area contributed by atoms with Crippen molar-refractivity contribution in [2.24, 2.45) is 0 Å². The number of nitrogens with zero attached hydrogens (tertiary/aromatic N) is 3. The van der Waals surface area contributed by atoms with Crippen LogP contribution in [0.4, 0.5) is 11.6 Å². The van der Waals surface area contributed by atoms with Crippen molar-refractivity contribution in [3.05, 3.63) is 78.6 Å². The molecule has 0 fully saturated rings. The molecule has 2 aromatic heterocycles. The molecule has 3 aromatic rings. The number of hydrogen-bond donors (Lipinski definition) is 1. The number of anilines is 2. The van der Waals surface area contributed by atoms with Crippen molar-refractivity contribution >= 4 is 23.6 Å². The molecule has 0 aliphatic rings. The summed E-state index contributed by atoms with van der Waals surface area (Å²) in [6, 6.07) is 17.6. The number of carbonyl (C=O) groups is 1. The molecule has 3 rings (SSSR count). The van der Waals surface area contributed by atoms with Gasteiger partial charge in [-0.1, -0.05) is 50.1 Å². The topological polar surface area (TPSA) is 58.1 Å². The third kappa shape index (κ3) is 6.27. The Bertz CT molecular complexity index is 985. The Morgan fingerprint density at radius 1 is 1.00 bits per heavy atom. The van der Waals surface area contributed by atoms with Crippen molar-refractivity contribution in [1.82, 2.24) is 9.97 Å². The number of rotatable bonds is 9. The lowest BCUT2D eigenvalue weighted by Crippen LogP contribution is -2.19. The first-order valence-electron chi connectivity index (χ1n) is 10.3. The van der Waals surface area contributed by atoms with Crippen molar-refractivity contribution in [2.75, 3.05) is 23.8 Å². The molecule has 2 heterocycles. The van der Waals surface area contributed by atoms with Gasteiger partial charge in [0.25, 0.3) is 0 Å². The maximum atomic E-state index is 12.2. The number of carbonyl (C=O) groups excluding carboxylic acids is 1. The molecule has 0 saturated carbocycles. The van der Waals surface area contributed by atoms with Crippen LogP contribution in [0.2, 0.25) is 0 Å². The molecule has 1 aromatic carbocycles. The average Bonchev–Trinajstić information content (AvgIpc) is 2.79. The molecule has 30 heavy (non-hydrogen) atoms. The van der Waals surface area contributed by atoms with Crippen LogP contribution in [0, 0.1) is 0 Å². The van der Waals surface area contributed by atoms with E-state index in [1.165, 1.54) is 18.9 Å². The molecule has 0 aliphatic heterocycles. The second kappa shape index (κ2) is 10.9. The molecule has 5 heteroatoms. The smallest absolute Gasteiger partial charge is 0.249 e. The fourth-order valence-corrected chi connectivity index (χ4v) is 3.10. The van der Waals surface area contributed by atoms with Gasteiger partial charge in [-0.25, -0.2) is 9.97 Å². The predicted molar refractivity (Wildman–Crippen MR) is 124 cm³/mol. The first-order chi connectivity index (χ1) is 14.7. The van der Waals surface area contributed by atoms with E-state index in [9.17, 15) is 4.79 Å². The van der Waals surface area contributed by atoms with Crippen LogP contribution < -0.4 is 10.2 Å². The van der Waals surface area contributed by atoms with Crippen LogP contribution in [-0.4, -0.2) is 29.5 Å². The van der Waals surface area contributed by atoms with Gasteiger partial charge in [0.1, 0.15) is 11.6 Å². The Hall–Kier alpha value is -3.47. The summed E-state index contributed by atoms with van der Waals surface area (Å²) >= 11 is 0. The molecule has 154 valence electrons. The van der Waals surface area contributed by atoms with Gasteiger partial charge in [0, 0.05) is 32.1 Å². The number of amides is 1. The fourth-order valence-electron chi connectivity index (χ4n) is 3.10. The standard InChI is InChI=1S/C25H28N4O/c1-3-4-8-17-29(2)24-19-22(14-16-27-24)21-13-15-26-23(18-21)28-25(30)12-11-20-9-6-5-7-10-20/h5-7,9-16,18-19H,3-4,8,17H2,1-2H3,(H,26,28,30). The van der Waals surface area contributed by atoms with Crippen molar-refractivity contribution in [2.45, 2.75) is 26.2 Å². The number of nitrogens with one attached hydrogen (secondary N) is 1. The summed E-state index contributed by atoms with van der Waals surface area (Å²) < 4.78 is 0. The SMILES string of the molecule is CCCCCN(C)c1cc(-c2ccnc(NC(=O)C=Cc3ccccc3)c2)ccn1. The minimum absolute atomic E-state index is 0.213. The predicted octanol–water partition coefficient (Wildman–Crippen LogP) is 5.42. The van der Waals surface area contributed by atoms with Crippen LogP contribution in [0.25, 0.3) is 17.2 Å². The fraction of sp³-hybridized carbons (Fsp3) is 0.240.